The maximum atomic E-state index is 10.1. The number of nitriles is 1. The van der Waals surface area contributed by atoms with Crippen LogP contribution in [0.15, 0.2) is 0 Å². The summed E-state index contributed by atoms with van der Waals surface area (Å²) >= 11 is 0. The Morgan fingerprint density at radius 2 is 1.88 bits per heavy atom. The third-order valence-electron chi connectivity index (χ3n) is 3.29. The van der Waals surface area contributed by atoms with E-state index in [9.17, 15) is 5.11 Å². The van der Waals surface area contributed by atoms with Gasteiger partial charge in [0.25, 0.3) is 0 Å². The molecule has 2 N–H and O–H groups in total. The van der Waals surface area contributed by atoms with Gasteiger partial charge in [-0.05, 0) is 34.6 Å². The molecule has 0 aliphatic rings. The quantitative estimate of drug-likeness (QED) is 0.835. The number of anilines is 1. The molecule has 0 aliphatic carbocycles. The van der Waals surface area contributed by atoms with Gasteiger partial charge in [-0.1, -0.05) is 0 Å². The summed E-state index contributed by atoms with van der Waals surface area (Å²) in [6.45, 7) is 9.03. The van der Waals surface area contributed by atoms with Gasteiger partial charge in [-0.15, -0.1) is 0 Å². The average molecular weight is 236 g/mol. The first kappa shape index (κ1) is 13.5. The van der Waals surface area contributed by atoms with Gasteiger partial charge in [-0.3, -0.25) is 4.68 Å². The van der Waals surface area contributed by atoms with Crippen LogP contribution in [0.5, 0.6) is 0 Å². The molecule has 94 valence electrons. The van der Waals surface area contributed by atoms with Crippen LogP contribution >= 0.6 is 0 Å². The fraction of sp³-hybridized carbons (Fsp3) is 0.667. The number of aromatic nitrogens is 2. The van der Waals surface area contributed by atoms with Crippen molar-refractivity contribution >= 4 is 5.82 Å². The van der Waals surface area contributed by atoms with Gasteiger partial charge in [0.05, 0.1) is 16.8 Å². The van der Waals surface area contributed by atoms with Crippen LogP contribution in [0.4, 0.5) is 5.82 Å². The minimum Gasteiger partial charge on any atom is -0.388 e. The molecule has 0 radical (unpaired) electrons. The Bertz CT molecular complexity index is 460. The van der Waals surface area contributed by atoms with Crippen molar-refractivity contribution in [2.24, 2.45) is 7.05 Å². The van der Waals surface area contributed by atoms with E-state index in [1.165, 1.54) is 0 Å². The predicted octanol–water partition coefficient (Wildman–Crippen LogP) is 1.56. The van der Waals surface area contributed by atoms with Gasteiger partial charge in [-0.25, -0.2) is 0 Å². The first-order valence-electron chi connectivity index (χ1n) is 5.54. The first-order chi connectivity index (χ1) is 7.60. The zero-order valence-corrected chi connectivity index (χ0v) is 11.3. The number of hydrogen-bond acceptors (Lipinski definition) is 4. The van der Waals surface area contributed by atoms with E-state index in [0.29, 0.717) is 17.1 Å². The summed E-state index contributed by atoms with van der Waals surface area (Å²) in [4.78, 5) is 0. The molecule has 0 spiro atoms. The van der Waals surface area contributed by atoms with Crippen LogP contribution in [0, 0.1) is 18.3 Å². The van der Waals surface area contributed by atoms with Crippen molar-refractivity contribution in [2.45, 2.75) is 45.8 Å². The highest BCUT2D eigenvalue weighted by atomic mass is 16.3. The molecule has 0 aromatic carbocycles. The molecule has 17 heavy (non-hydrogen) atoms. The number of nitrogens with zero attached hydrogens (tertiary/aromatic N) is 3. The average Bonchev–Trinajstić information content (AvgIpc) is 2.39. The molecular formula is C12H20N4O. The van der Waals surface area contributed by atoms with E-state index in [-0.39, 0.29) is 0 Å². The molecule has 0 amide bonds. The summed E-state index contributed by atoms with van der Waals surface area (Å²) in [6, 6.07) is 2.13. The zero-order valence-electron chi connectivity index (χ0n) is 11.3. The highest BCUT2D eigenvalue weighted by Crippen LogP contribution is 2.28. The molecule has 5 nitrogen and oxygen atoms in total. The minimum absolute atomic E-state index is 0.518. The zero-order chi connectivity index (χ0) is 13.4. The van der Waals surface area contributed by atoms with E-state index in [1.807, 2.05) is 13.8 Å². The molecule has 1 aromatic heterocycles. The molecule has 0 aliphatic heterocycles. The summed E-state index contributed by atoms with van der Waals surface area (Å²) in [6.07, 6.45) is 0. The van der Waals surface area contributed by atoms with E-state index in [1.54, 1.807) is 32.5 Å². The van der Waals surface area contributed by atoms with E-state index in [4.69, 9.17) is 5.26 Å². The first-order valence-corrected chi connectivity index (χ1v) is 5.54. The van der Waals surface area contributed by atoms with Gasteiger partial charge in [0.15, 0.2) is 0 Å². The molecule has 0 unspecified atom stereocenters. The standard InChI is InChI=1S/C12H20N4O/c1-8-9(7-13)10(16(6)15-8)14-11(2,3)12(4,5)17/h14,17H,1-6H3. The van der Waals surface area contributed by atoms with Gasteiger partial charge in [0.2, 0.25) is 0 Å². The lowest BCUT2D eigenvalue weighted by atomic mass is 9.86. The molecular weight excluding hydrogens is 216 g/mol. The molecule has 1 rings (SSSR count). The predicted molar refractivity (Wildman–Crippen MR) is 66.7 cm³/mol. The smallest absolute Gasteiger partial charge is 0.142 e. The molecule has 1 aromatic rings. The summed E-state index contributed by atoms with van der Waals surface area (Å²) in [7, 11) is 1.77. The summed E-state index contributed by atoms with van der Waals surface area (Å²) in [5.41, 5.74) is -0.287. The van der Waals surface area contributed by atoms with Crippen molar-refractivity contribution in [3.8, 4) is 6.07 Å². The Hall–Kier alpha value is -1.54. The second-order valence-electron chi connectivity index (χ2n) is 5.35. The van der Waals surface area contributed by atoms with E-state index in [0.717, 1.165) is 0 Å². The third kappa shape index (κ3) is 2.42. The maximum Gasteiger partial charge on any atom is 0.142 e. The topological polar surface area (TPSA) is 73.9 Å². The Balaban J connectivity index is 3.17. The minimum atomic E-state index is -0.919. The number of aliphatic hydroxyl groups is 1. The SMILES string of the molecule is Cc1nn(C)c(NC(C)(C)C(C)(C)O)c1C#N. The third-order valence-corrected chi connectivity index (χ3v) is 3.29. The van der Waals surface area contributed by atoms with Crippen molar-refractivity contribution in [2.75, 3.05) is 5.32 Å². The molecule has 0 saturated heterocycles. The second kappa shape index (κ2) is 4.04. The number of hydrogen-bond donors (Lipinski definition) is 2. The van der Waals surface area contributed by atoms with Crippen LogP contribution in [0.25, 0.3) is 0 Å². The largest absolute Gasteiger partial charge is 0.388 e. The Kier molecular flexibility index (Phi) is 3.22. The molecule has 0 atom stereocenters. The fourth-order valence-electron chi connectivity index (χ4n) is 1.38. The summed E-state index contributed by atoms with van der Waals surface area (Å²) in [5, 5.41) is 26.6. The van der Waals surface area contributed by atoms with Crippen LogP contribution in [0.2, 0.25) is 0 Å². The van der Waals surface area contributed by atoms with Crippen molar-refractivity contribution < 1.29 is 5.11 Å². The van der Waals surface area contributed by atoms with Gasteiger partial charge < -0.3 is 10.4 Å². The lowest BCUT2D eigenvalue weighted by Crippen LogP contribution is -2.51. The Labute approximate surface area is 102 Å². The van der Waals surface area contributed by atoms with Gasteiger partial charge in [0, 0.05) is 7.05 Å². The lowest BCUT2D eigenvalue weighted by molar-refractivity contribution is 0.0237. The summed E-state index contributed by atoms with van der Waals surface area (Å²) in [5.74, 6) is 0.636. The van der Waals surface area contributed by atoms with E-state index < -0.39 is 11.1 Å². The van der Waals surface area contributed by atoms with Gasteiger partial charge in [-0.2, -0.15) is 10.4 Å². The van der Waals surface area contributed by atoms with Crippen molar-refractivity contribution in [3.05, 3.63) is 11.3 Å². The maximum absolute atomic E-state index is 10.1. The molecule has 0 fully saturated rings. The van der Waals surface area contributed by atoms with Crippen molar-refractivity contribution in [1.82, 2.24) is 9.78 Å². The number of nitrogens with one attached hydrogen (secondary N) is 1. The van der Waals surface area contributed by atoms with Crippen LogP contribution in [0.1, 0.15) is 39.0 Å². The molecule has 0 bridgehead atoms. The monoisotopic (exact) mass is 236 g/mol. The van der Waals surface area contributed by atoms with Crippen LogP contribution in [-0.4, -0.2) is 26.0 Å². The number of rotatable bonds is 3. The lowest BCUT2D eigenvalue weighted by Gasteiger charge is -2.38. The van der Waals surface area contributed by atoms with Crippen LogP contribution in [0.3, 0.4) is 0 Å². The van der Waals surface area contributed by atoms with E-state index in [2.05, 4.69) is 16.5 Å². The van der Waals surface area contributed by atoms with Gasteiger partial charge >= 0.3 is 0 Å². The van der Waals surface area contributed by atoms with Crippen LogP contribution < -0.4 is 5.32 Å². The molecule has 0 saturated carbocycles. The second-order valence-corrected chi connectivity index (χ2v) is 5.35. The number of aryl methyl sites for hydroxylation is 2. The Morgan fingerprint density at radius 3 is 2.29 bits per heavy atom. The fourth-order valence-corrected chi connectivity index (χ4v) is 1.38. The normalized spacial score (nSPS) is 12.4. The van der Waals surface area contributed by atoms with E-state index >= 15 is 0 Å². The van der Waals surface area contributed by atoms with Crippen LogP contribution in [-0.2, 0) is 7.05 Å². The van der Waals surface area contributed by atoms with Crippen molar-refractivity contribution in [3.63, 3.8) is 0 Å². The Morgan fingerprint density at radius 1 is 1.35 bits per heavy atom. The highest BCUT2D eigenvalue weighted by molar-refractivity contribution is 5.56. The van der Waals surface area contributed by atoms with Gasteiger partial charge in [0.1, 0.15) is 17.5 Å². The molecule has 5 heteroatoms. The molecule has 1 heterocycles. The van der Waals surface area contributed by atoms with Crippen molar-refractivity contribution in [1.29, 1.82) is 5.26 Å². The highest BCUT2D eigenvalue weighted by Gasteiger charge is 2.36. The summed E-state index contributed by atoms with van der Waals surface area (Å²) < 4.78 is 1.63.